The van der Waals surface area contributed by atoms with Gasteiger partial charge in [0, 0.05) is 13.1 Å². The van der Waals surface area contributed by atoms with Crippen LogP contribution in [0.1, 0.15) is 92.0 Å². The highest BCUT2D eigenvalue weighted by atomic mass is 19.4. The second kappa shape index (κ2) is 13.4. The standard InChI is InChI=1S/C28H35F3N2O3/c1-2-6-26(23-12-9-20(10-13-23)18-32-16-15-27(34)35)33-36-19-21-11-14-24(22-7-4-3-5-8-22)25(17-21)28(29,30)31/h9-14,17,22,32H,2-8,15-16,18-19H2,1H3,(H,34,35). The molecule has 0 bridgehead atoms. The summed E-state index contributed by atoms with van der Waals surface area (Å²) >= 11 is 0. The zero-order valence-electron chi connectivity index (χ0n) is 20.7. The van der Waals surface area contributed by atoms with E-state index in [2.05, 4.69) is 10.5 Å². The molecule has 0 atom stereocenters. The molecule has 5 nitrogen and oxygen atoms in total. The Morgan fingerprint density at radius 2 is 1.75 bits per heavy atom. The minimum absolute atomic E-state index is 0.0325. The van der Waals surface area contributed by atoms with Crippen LogP contribution in [-0.2, 0) is 29.0 Å². The monoisotopic (exact) mass is 504 g/mol. The van der Waals surface area contributed by atoms with Crippen LogP contribution in [-0.4, -0.2) is 23.3 Å². The number of carboxylic acids is 1. The summed E-state index contributed by atoms with van der Waals surface area (Å²) in [6, 6.07) is 12.3. The van der Waals surface area contributed by atoms with Gasteiger partial charge in [-0.1, -0.05) is 74.2 Å². The van der Waals surface area contributed by atoms with Gasteiger partial charge in [-0.2, -0.15) is 13.2 Å². The van der Waals surface area contributed by atoms with Gasteiger partial charge < -0.3 is 15.3 Å². The van der Waals surface area contributed by atoms with Crippen molar-refractivity contribution in [1.82, 2.24) is 5.32 Å². The van der Waals surface area contributed by atoms with Crippen LogP contribution in [0.5, 0.6) is 0 Å². The predicted octanol–water partition coefficient (Wildman–Crippen LogP) is 7.04. The third-order valence-electron chi connectivity index (χ3n) is 6.49. The largest absolute Gasteiger partial charge is 0.481 e. The van der Waals surface area contributed by atoms with Gasteiger partial charge in [-0.15, -0.1) is 0 Å². The highest BCUT2D eigenvalue weighted by Crippen LogP contribution is 2.41. The number of aliphatic carboxylic acids is 1. The van der Waals surface area contributed by atoms with E-state index >= 15 is 0 Å². The lowest BCUT2D eigenvalue weighted by Crippen LogP contribution is -2.17. The normalized spacial score (nSPS) is 15.2. The second-order valence-corrected chi connectivity index (χ2v) is 9.33. The van der Waals surface area contributed by atoms with E-state index in [1.165, 1.54) is 6.07 Å². The molecule has 2 N–H and O–H groups in total. The highest BCUT2D eigenvalue weighted by molar-refractivity contribution is 6.00. The van der Waals surface area contributed by atoms with Gasteiger partial charge in [-0.05, 0) is 53.5 Å². The molecule has 0 spiro atoms. The SMILES string of the molecule is CCCC(=NOCc1ccc(C2CCCCC2)c(C(F)(F)F)c1)c1ccc(CNCCC(=O)O)cc1. The van der Waals surface area contributed by atoms with Crippen molar-refractivity contribution in [1.29, 1.82) is 0 Å². The first-order chi connectivity index (χ1) is 17.3. The zero-order chi connectivity index (χ0) is 26.0. The van der Waals surface area contributed by atoms with E-state index in [-0.39, 0.29) is 18.9 Å². The molecule has 3 rings (SSSR count). The van der Waals surface area contributed by atoms with Gasteiger partial charge in [-0.3, -0.25) is 4.79 Å². The topological polar surface area (TPSA) is 70.9 Å². The molecular weight excluding hydrogens is 469 g/mol. The molecule has 0 heterocycles. The van der Waals surface area contributed by atoms with Gasteiger partial charge in [0.15, 0.2) is 0 Å². The van der Waals surface area contributed by atoms with E-state index < -0.39 is 17.7 Å². The number of carbonyl (C=O) groups is 1. The average molecular weight is 505 g/mol. The Hall–Kier alpha value is -2.87. The Bertz CT molecular complexity index is 1010. The van der Waals surface area contributed by atoms with Gasteiger partial charge in [0.2, 0.25) is 0 Å². The first-order valence-corrected chi connectivity index (χ1v) is 12.7. The maximum atomic E-state index is 13.8. The molecule has 0 amide bonds. The molecule has 2 aromatic carbocycles. The third-order valence-corrected chi connectivity index (χ3v) is 6.49. The average Bonchev–Trinajstić information content (AvgIpc) is 2.86. The number of benzene rings is 2. The van der Waals surface area contributed by atoms with Crippen molar-refractivity contribution in [3.05, 3.63) is 70.3 Å². The lowest BCUT2D eigenvalue weighted by Gasteiger charge is -2.25. The number of alkyl halides is 3. The van der Waals surface area contributed by atoms with Crippen LogP contribution in [0.25, 0.3) is 0 Å². The fourth-order valence-electron chi connectivity index (χ4n) is 4.62. The van der Waals surface area contributed by atoms with E-state index in [0.717, 1.165) is 55.4 Å². The van der Waals surface area contributed by atoms with Crippen LogP contribution in [0.2, 0.25) is 0 Å². The molecule has 0 unspecified atom stereocenters. The van der Waals surface area contributed by atoms with Gasteiger partial charge in [0.1, 0.15) is 6.61 Å². The van der Waals surface area contributed by atoms with Crippen molar-refractivity contribution in [3.8, 4) is 0 Å². The zero-order valence-corrected chi connectivity index (χ0v) is 20.7. The van der Waals surface area contributed by atoms with E-state index in [9.17, 15) is 18.0 Å². The summed E-state index contributed by atoms with van der Waals surface area (Å²) in [5.74, 6) is -0.872. The van der Waals surface area contributed by atoms with Crippen LogP contribution in [0.3, 0.4) is 0 Å². The number of nitrogens with one attached hydrogen (secondary N) is 1. The molecular formula is C28H35F3N2O3. The van der Waals surface area contributed by atoms with Crippen LogP contribution in [0.15, 0.2) is 47.6 Å². The molecule has 36 heavy (non-hydrogen) atoms. The minimum Gasteiger partial charge on any atom is -0.481 e. The number of hydrogen-bond acceptors (Lipinski definition) is 4. The summed E-state index contributed by atoms with van der Waals surface area (Å²) in [7, 11) is 0. The maximum Gasteiger partial charge on any atom is 0.416 e. The Labute approximate surface area is 210 Å². The van der Waals surface area contributed by atoms with Crippen LogP contribution < -0.4 is 5.32 Å². The van der Waals surface area contributed by atoms with E-state index in [4.69, 9.17) is 9.94 Å². The molecule has 0 saturated heterocycles. The number of oxime groups is 1. The first-order valence-electron chi connectivity index (χ1n) is 12.7. The Morgan fingerprint density at radius 1 is 1.06 bits per heavy atom. The summed E-state index contributed by atoms with van der Waals surface area (Å²) in [6.07, 6.45) is 1.84. The molecule has 1 aliphatic carbocycles. The predicted molar refractivity (Wildman–Crippen MR) is 134 cm³/mol. The number of hydrogen-bond donors (Lipinski definition) is 2. The molecule has 8 heteroatoms. The summed E-state index contributed by atoms with van der Waals surface area (Å²) < 4.78 is 41.5. The summed E-state index contributed by atoms with van der Waals surface area (Å²) in [6.45, 7) is 2.94. The Morgan fingerprint density at radius 3 is 2.39 bits per heavy atom. The van der Waals surface area contributed by atoms with Crippen molar-refractivity contribution < 1.29 is 27.9 Å². The molecule has 1 saturated carbocycles. The molecule has 0 aromatic heterocycles. The fourth-order valence-corrected chi connectivity index (χ4v) is 4.62. The second-order valence-electron chi connectivity index (χ2n) is 9.33. The number of halogens is 3. The summed E-state index contributed by atoms with van der Waals surface area (Å²) in [5.41, 5.74) is 2.93. The Balaban J connectivity index is 1.66. The fraction of sp³-hybridized carbons (Fsp3) is 0.500. The van der Waals surface area contributed by atoms with Crippen molar-refractivity contribution in [3.63, 3.8) is 0 Å². The molecule has 196 valence electrons. The van der Waals surface area contributed by atoms with Gasteiger partial charge >= 0.3 is 12.1 Å². The van der Waals surface area contributed by atoms with Crippen LogP contribution in [0, 0.1) is 0 Å². The van der Waals surface area contributed by atoms with E-state index in [0.29, 0.717) is 30.6 Å². The van der Waals surface area contributed by atoms with E-state index in [1.54, 1.807) is 12.1 Å². The number of carboxylic acid groups (broad SMARTS) is 1. The third kappa shape index (κ3) is 8.36. The number of rotatable bonds is 12. The van der Waals surface area contributed by atoms with Crippen molar-refractivity contribution >= 4 is 11.7 Å². The quantitative estimate of drug-likeness (QED) is 0.185. The maximum absolute atomic E-state index is 13.8. The van der Waals surface area contributed by atoms with Crippen molar-refractivity contribution in [2.24, 2.45) is 5.16 Å². The lowest BCUT2D eigenvalue weighted by atomic mass is 9.81. The molecule has 1 aliphatic rings. The van der Waals surface area contributed by atoms with Crippen molar-refractivity contribution in [2.75, 3.05) is 6.54 Å². The van der Waals surface area contributed by atoms with Crippen molar-refractivity contribution in [2.45, 2.75) is 83.5 Å². The highest BCUT2D eigenvalue weighted by Gasteiger charge is 2.35. The first kappa shape index (κ1) is 27.7. The smallest absolute Gasteiger partial charge is 0.416 e. The van der Waals surface area contributed by atoms with Gasteiger partial charge in [-0.25, -0.2) is 0 Å². The van der Waals surface area contributed by atoms with Gasteiger partial charge in [0.05, 0.1) is 17.7 Å². The lowest BCUT2D eigenvalue weighted by molar-refractivity contribution is -0.139. The van der Waals surface area contributed by atoms with E-state index in [1.807, 2.05) is 31.2 Å². The summed E-state index contributed by atoms with van der Waals surface area (Å²) in [5, 5.41) is 16.0. The van der Waals surface area contributed by atoms with Crippen LogP contribution in [0.4, 0.5) is 13.2 Å². The number of nitrogens with zero attached hydrogens (tertiary/aromatic N) is 1. The van der Waals surface area contributed by atoms with Gasteiger partial charge in [0.25, 0.3) is 0 Å². The molecule has 2 aromatic rings. The minimum atomic E-state index is -4.40. The molecule has 0 radical (unpaired) electrons. The Kier molecular flexibility index (Phi) is 10.3. The molecule has 0 aliphatic heterocycles. The molecule has 1 fully saturated rings. The van der Waals surface area contributed by atoms with Crippen LogP contribution >= 0.6 is 0 Å². The summed E-state index contributed by atoms with van der Waals surface area (Å²) in [4.78, 5) is 16.1.